The minimum absolute atomic E-state index is 0.0893. The van der Waals surface area contributed by atoms with Gasteiger partial charge in [0, 0.05) is 35.0 Å². The van der Waals surface area contributed by atoms with E-state index < -0.39 is 0 Å². The molecule has 0 aromatic carbocycles. The Morgan fingerprint density at radius 3 is 2.97 bits per heavy atom. The second-order valence-electron chi connectivity index (χ2n) is 7.24. The molecular formula is C20H25N5O2S2. The zero-order chi connectivity index (χ0) is 20.4. The van der Waals surface area contributed by atoms with Crippen molar-refractivity contribution in [3.05, 3.63) is 39.3 Å². The van der Waals surface area contributed by atoms with E-state index in [1.54, 1.807) is 15.9 Å². The van der Waals surface area contributed by atoms with Crippen LogP contribution < -0.4 is 0 Å². The van der Waals surface area contributed by atoms with E-state index in [1.807, 2.05) is 36.4 Å². The van der Waals surface area contributed by atoms with Crippen LogP contribution in [0, 0.1) is 13.8 Å². The monoisotopic (exact) mass is 431 g/mol. The number of thioether (sulfide) groups is 1. The third-order valence-electron chi connectivity index (χ3n) is 5.27. The molecule has 1 saturated heterocycles. The average Bonchev–Trinajstić information content (AvgIpc) is 3.46. The van der Waals surface area contributed by atoms with Gasteiger partial charge in [-0.3, -0.25) is 4.79 Å². The summed E-state index contributed by atoms with van der Waals surface area (Å²) in [7, 11) is 0. The van der Waals surface area contributed by atoms with Gasteiger partial charge in [-0.25, -0.2) is 9.50 Å². The van der Waals surface area contributed by atoms with Gasteiger partial charge in [-0.15, -0.1) is 16.4 Å². The van der Waals surface area contributed by atoms with Crippen LogP contribution in [0.2, 0.25) is 0 Å². The SMILES string of the molecule is CSc1nc2nc(C)c(CC(=O)N(Cc3cccs3)CC3CCCO3)c(C)n2n1. The Labute approximate surface area is 178 Å². The molecule has 0 N–H and O–H groups in total. The number of hydrogen-bond donors (Lipinski definition) is 0. The summed E-state index contributed by atoms with van der Waals surface area (Å²) in [6.45, 7) is 5.95. The maximum Gasteiger partial charge on any atom is 0.253 e. The van der Waals surface area contributed by atoms with Gasteiger partial charge in [-0.05, 0) is 44.4 Å². The van der Waals surface area contributed by atoms with Crippen molar-refractivity contribution in [3.8, 4) is 0 Å². The van der Waals surface area contributed by atoms with E-state index in [2.05, 4.69) is 21.1 Å². The number of carbonyl (C=O) groups is 1. The Balaban J connectivity index is 1.58. The van der Waals surface area contributed by atoms with E-state index in [1.165, 1.54) is 16.6 Å². The highest BCUT2D eigenvalue weighted by molar-refractivity contribution is 7.98. The van der Waals surface area contributed by atoms with Crippen LogP contribution in [0.15, 0.2) is 22.7 Å². The summed E-state index contributed by atoms with van der Waals surface area (Å²) in [5.41, 5.74) is 2.67. The van der Waals surface area contributed by atoms with Crippen molar-refractivity contribution in [2.75, 3.05) is 19.4 Å². The lowest BCUT2D eigenvalue weighted by atomic mass is 10.1. The van der Waals surface area contributed by atoms with E-state index >= 15 is 0 Å². The van der Waals surface area contributed by atoms with E-state index in [0.29, 0.717) is 30.4 Å². The second-order valence-corrected chi connectivity index (χ2v) is 9.04. The Morgan fingerprint density at radius 2 is 2.28 bits per heavy atom. The molecule has 0 radical (unpaired) electrons. The van der Waals surface area contributed by atoms with Gasteiger partial charge in [0.2, 0.25) is 11.1 Å². The quantitative estimate of drug-likeness (QED) is 0.535. The summed E-state index contributed by atoms with van der Waals surface area (Å²) in [4.78, 5) is 25.4. The van der Waals surface area contributed by atoms with Crippen LogP contribution in [0.3, 0.4) is 0 Å². The predicted molar refractivity (Wildman–Crippen MR) is 114 cm³/mol. The number of ether oxygens (including phenoxy) is 1. The standard InChI is InChI=1S/C20H25N5O2S2/c1-13-17(14(2)25-19(21-13)22-20(23-25)28-3)10-18(26)24(11-15-6-4-8-27-15)12-16-7-5-9-29-16/h5,7,9,15H,4,6,8,10-12H2,1-3H3. The molecule has 1 fully saturated rings. The molecule has 9 heteroatoms. The number of fused-ring (bicyclic) bond motifs is 1. The molecule has 4 heterocycles. The molecule has 7 nitrogen and oxygen atoms in total. The Morgan fingerprint density at radius 1 is 1.41 bits per heavy atom. The van der Waals surface area contributed by atoms with Gasteiger partial charge in [0.25, 0.3) is 5.78 Å². The first kappa shape index (κ1) is 20.3. The van der Waals surface area contributed by atoms with Crippen LogP contribution in [0.1, 0.15) is 34.7 Å². The molecule has 0 spiro atoms. The highest BCUT2D eigenvalue weighted by Gasteiger charge is 2.25. The molecule has 3 aromatic rings. The molecule has 1 atom stereocenters. The van der Waals surface area contributed by atoms with Gasteiger partial charge in [-0.1, -0.05) is 17.8 Å². The predicted octanol–water partition coefficient (Wildman–Crippen LogP) is 3.27. The Hall–Kier alpha value is -1.97. The van der Waals surface area contributed by atoms with E-state index in [-0.39, 0.29) is 12.0 Å². The second kappa shape index (κ2) is 8.81. The molecule has 0 aliphatic carbocycles. The maximum absolute atomic E-state index is 13.3. The molecule has 1 amide bonds. The highest BCUT2D eigenvalue weighted by atomic mass is 32.2. The largest absolute Gasteiger partial charge is 0.376 e. The molecule has 0 saturated carbocycles. The molecule has 4 rings (SSSR count). The van der Waals surface area contributed by atoms with Crippen molar-refractivity contribution >= 4 is 34.8 Å². The number of aromatic nitrogens is 4. The summed E-state index contributed by atoms with van der Waals surface area (Å²) in [5.74, 6) is 0.668. The van der Waals surface area contributed by atoms with Gasteiger partial charge >= 0.3 is 0 Å². The molecule has 1 aliphatic rings. The van der Waals surface area contributed by atoms with Gasteiger partial charge in [0.1, 0.15) is 0 Å². The maximum atomic E-state index is 13.3. The summed E-state index contributed by atoms with van der Waals surface area (Å²) in [6.07, 6.45) is 4.44. The molecular weight excluding hydrogens is 406 g/mol. The van der Waals surface area contributed by atoms with Crippen LogP contribution >= 0.6 is 23.1 Å². The summed E-state index contributed by atoms with van der Waals surface area (Å²) in [6, 6.07) is 4.10. The van der Waals surface area contributed by atoms with Crippen LogP contribution in [0.25, 0.3) is 5.78 Å². The van der Waals surface area contributed by atoms with Crippen molar-refractivity contribution in [3.63, 3.8) is 0 Å². The Kier molecular flexibility index (Phi) is 6.17. The number of rotatable bonds is 7. The first-order valence-corrected chi connectivity index (χ1v) is 11.8. The number of carbonyl (C=O) groups excluding carboxylic acids is 1. The fourth-order valence-corrected chi connectivity index (χ4v) is 4.73. The van der Waals surface area contributed by atoms with Crippen molar-refractivity contribution in [2.45, 2.75) is 50.9 Å². The lowest BCUT2D eigenvalue weighted by molar-refractivity contribution is -0.132. The topological polar surface area (TPSA) is 72.6 Å². The molecule has 1 aliphatic heterocycles. The van der Waals surface area contributed by atoms with Gasteiger partial charge in [-0.2, -0.15) is 4.98 Å². The van der Waals surface area contributed by atoms with Gasteiger partial charge < -0.3 is 9.64 Å². The fraction of sp³-hybridized carbons (Fsp3) is 0.500. The molecule has 3 aromatic heterocycles. The Bertz CT molecular complexity index is 996. The molecule has 29 heavy (non-hydrogen) atoms. The lowest BCUT2D eigenvalue weighted by Gasteiger charge is -2.25. The number of nitrogens with zero attached hydrogens (tertiary/aromatic N) is 5. The van der Waals surface area contributed by atoms with Crippen molar-refractivity contribution in [2.24, 2.45) is 0 Å². The van der Waals surface area contributed by atoms with Crippen LogP contribution in [-0.4, -0.2) is 55.9 Å². The number of hydrogen-bond acceptors (Lipinski definition) is 7. The minimum Gasteiger partial charge on any atom is -0.376 e. The van der Waals surface area contributed by atoms with E-state index in [4.69, 9.17) is 4.74 Å². The third kappa shape index (κ3) is 4.46. The first-order chi connectivity index (χ1) is 14.0. The minimum atomic E-state index is 0.0893. The first-order valence-electron chi connectivity index (χ1n) is 9.73. The zero-order valence-corrected chi connectivity index (χ0v) is 18.6. The average molecular weight is 432 g/mol. The van der Waals surface area contributed by atoms with Crippen molar-refractivity contribution < 1.29 is 9.53 Å². The summed E-state index contributed by atoms with van der Waals surface area (Å²) < 4.78 is 7.54. The normalized spacial score (nSPS) is 16.6. The molecule has 1 unspecified atom stereocenters. The smallest absolute Gasteiger partial charge is 0.253 e. The summed E-state index contributed by atoms with van der Waals surface area (Å²) >= 11 is 3.16. The van der Waals surface area contributed by atoms with Gasteiger partial charge in [0.05, 0.1) is 19.1 Å². The molecule has 154 valence electrons. The number of thiophene rings is 1. The van der Waals surface area contributed by atoms with Crippen LogP contribution in [-0.2, 0) is 22.5 Å². The molecule has 0 bridgehead atoms. The fourth-order valence-electron chi connectivity index (χ4n) is 3.67. The number of amides is 1. The lowest BCUT2D eigenvalue weighted by Crippen LogP contribution is -2.38. The summed E-state index contributed by atoms with van der Waals surface area (Å²) in [5, 5.41) is 7.22. The van der Waals surface area contributed by atoms with Crippen LogP contribution in [0.4, 0.5) is 0 Å². The zero-order valence-electron chi connectivity index (χ0n) is 16.9. The number of aryl methyl sites for hydroxylation is 2. The van der Waals surface area contributed by atoms with Crippen molar-refractivity contribution in [1.29, 1.82) is 0 Å². The van der Waals surface area contributed by atoms with Crippen LogP contribution in [0.5, 0.6) is 0 Å². The van der Waals surface area contributed by atoms with E-state index in [9.17, 15) is 4.79 Å². The van der Waals surface area contributed by atoms with Crippen molar-refractivity contribution in [1.82, 2.24) is 24.5 Å². The van der Waals surface area contributed by atoms with Gasteiger partial charge in [0.15, 0.2) is 0 Å². The van der Waals surface area contributed by atoms with E-state index in [0.717, 1.165) is 36.4 Å². The highest BCUT2D eigenvalue weighted by Crippen LogP contribution is 2.21. The third-order valence-corrected chi connectivity index (χ3v) is 6.67.